The number of carbonyl (C=O) groups excluding carboxylic acids is 1. The van der Waals surface area contributed by atoms with Gasteiger partial charge in [0.05, 0.1) is 10.4 Å². The fourth-order valence-corrected chi connectivity index (χ4v) is 4.58. The zero-order valence-corrected chi connectivity index (χ0v) is 15.1. The molecule has 3 aromatic rings. The third-order valence-electron chi connectivity index (χ3n) is 4.57. The molecule has 1 saturated heterocycles. The van der Waals surface area contributed by atoms with Crippen LogP contribution in [0.1, 0.15) is 10.4 Å². The van der Waals surface area contributed by atoms with E-state index in [0.717, 1.165) is 0 Å². The maximum Gasteiger partial charge on any atom is 0.417 e. The van der Waals surface area contributed by atoms with Crippen LogP contribution >= 0.6 is 0 Å². The molecule has 0 atom stereocenters. The van der Waals surface area contributed by atoms with Crippen molar-refractivity contribution in [1.29, 1.82) is 0 Å². The highest BCUT2D eigenvalue weighted by Gasteiger charge is 2.30. The Bertz CT molecular complexity index is 1140. The van der Waals surface area contributed by atoms with Crippen LogP contribution in [0.25, 0.3) is 11.1 Å². The average molecular weight is 387 g/mol. The normalized spacial score (nSPS) is 15.9. The minimum Gasteiger partial charge on any atom is -0.408 e. The second-order valence-electron chi connectivity index (χ2n) is 6.23. The predicted molar refractivity (Wildman–Crippen MR) is 97.9 cm³/mol. The SMILES string of the molecule is O=C(c1ccc2[nH]c(=O)oc2c1)N1CCN(S(=O)(=O)c2ccccc2)CC1. The number of fused-ring (bicyclic) bond motifs is 1. The second-order valence-corrected chi connectivity index (χ2v) is 8.17. The fourth-order valence-electron chi connectivity index (χ4n) is 3.13. The van der Waals surface area contributed by atoms with E-state index in [4.69, 9.17) is 4.42 Å². The molecule has 2 heterocycles. The van der Waals surface area contributed by atoms with Crippen molar-refractivity contribution in [1.82, 2.24) is 14.2 Å². The van der Waals surface area contributed by atoms with Gasteiger partial charge < -0.3 is 9.32 Å². The summed E-state index contributed by atoms with van der Waals surface area (Å²) in [5.74, 6) is -0.799. The van der Waals surface area contributed by atoms with E-state index in [1.807, 2.05) is 0 Å². The van der Waals surface area contributed by atoms with Crippen molar-refractivity contribution >= 4 is 27.0 Å². The van der Waals surface area contributed by atoms with Crippen molar-refractivity contribution in [3.63, 3.8) is 0 Å². The zero-order chi connectivity index (χ0) is 19.0. The molecular formula is C18H17N3O5S. The lowest BCUT2D eigenvalue weighted by Gasteiger charge is -2.34. The molecule has 1 aliphatic heterocycles. The molecule has 1 aliphatic rings. The van der Waals surface area contributed by atoms with E-state index in [-0.39, 0.29) is 23.9 Å². The minimum absolute atomic E-state index is 0.225. The van der Waals surface area contributed by atoms with Crippen LogP contribution in [0.4, 0.5) is 0 Å². The summed E-state index contributed by atoms with van der Waals surface area (Å²) < 4.78 is 31.7. The first kappa shape index (κ1) is 17.5. The van der Waals surface area contributed by atoms with Crippen LogP contribution < -0.4 is 5.76 Å². The smallest absolute Gasteiger partial charge is 0.408 e. The van der Waals surface area contributed by atoms with Gasteiger partial charge in [0.15, 0.2) is 5.58 Å². The molecule has 0 radical (unpaired) electrons. The van der Waals surface area contributed by atoms with Crippen molar-refractivity contribution in [3.05, 3.63) is 64.6 Å². The molecule has 8 nitrogen and oxygen atoms in total. The summed E-state index contributed by atoms with van der Waals surface area (Å²) in [5, 5.41) is 0. The monoisotopic (exact) mass is 387 g/mol. The molecule has 0 spiro atoms. The van der Waals surface area contributed by atoms with E-state index in [2.05, 4.69) is 4.98 Å². The van der Waals surface area contributed by atoms with Gasteiger partial charge >= 0.3 is 5.76 Å². The van der Waals surface area contributed by atoms with Crippen LogP contribution in [-0.2, 0) is 10.0 Å². The van der Waals surface area contributed by atoms with Gasteiger partial charge in [0, 0.05) is 31.7 Å². The third kappa shape index (κ3) is 3.26. The number of nitrogens with zero attached hydrogens (tertiary/aromatic N) is 2. The van der Waals surface area contributed by atoms with Gasteiger partial charge in [-0.2, -0.15) is 4.31 Å². The number of hydrogen-bond donors (Lipinski definition) is 1. The molecule has 1 amide bonds. The average Bonchev–Trinajstić information content (AvgIpc) is 3.07. The topological polar surface area (TPSA) is 104 Å². The Hall–Kier alpha value is -2.91. The summed E-state index contributed by atoms with van der Waals surface area (Å²) in [6.45, 7) is 1.04. The van der Waals surface area contributed by atoms with E-state index >= 15 is 0 Å². The predicted octanol–water partition coefficient (Wildman–Crippen LogP) is 1.27. The van der Waals surface area contributed by atoms with Crippen molar-refractivity contribution in [2.75, 3.05) is 26.2 Å². The first-order chi connectivity index (χ1) is 12.9. The highest BCUT2D eigenvalue weighted by Crippen LogP contribution is 2.19. The maximum absolute atomic E-state index is 12.7. The van der Waals surface area contributed by atoms with Crippen LogP contribution in [0.5, 0.6) is 0 Å². The molecule has 1 fully saturated rings. The Morgan fingerprint density at radius 3 is 2.41 bits per heavy atom. The van der Waals surface area contributed by atoms with E-state index in [9.17, 15) is 18.0 Å². The van der Waals surface area contributed by atoms with E-state index < -0.39 is 15.8 Å². The summed E-state index contributed by atoms with van der Waals surface area (Å²) in [6, 6.07) is 13.0. The van der Waals surface area contributed by atoms with Crippen LogP contribution in [0.3, 0.4) is 0 Å². The molecule has 0 saturated carbocycles. The van der Waals surface area contributed by atoms with Crippen molar-refractivity contribution in [3.8, 4) is 0 Å². The number of hydrogen-bond acceptors (Lipinski definition) is 5. The molecular weight excluding hydrogens is 370 g/mol. The lowest BCUT2D eigenvalue weighted by atomic mass is 10.1. The number of piperazine rings is 1. The first-order valence-electron chi connectivity index (χ1n) is 8.42. The lowest BCUT2D eigenvalue weighted by Crippen LogP contribution is -2.50. The van der Waals surface area contributed by atoms with Gasteiger partial charge in [-0.3, -0.25) is 9.78 Å². The number of sulfonamides is 1. The van der Waals surface area contributed by atoms with Gasteiger partial charge in [-0.25, -0.2) is 13.2 Å². The Labute approximate surface area is 155 Å². The number of aromatic nitrogens is 1. The number of benzene rings is 2. The van der Waals surface area contributed by atoms with Gasteiger partial charge in [-0.05, 0) is 30.3 Å². The molecule has 0 aliphatic carbocycles. The summed E-state index contributed by atoms with van der Waals surface area (Å²) in [4.78, 5) is 28.3. The van der Waals surface area contributed by atoms with E-state index in [1.165, 1.54) is 10.4 Å². The molecule has 140 valence electrons. The summed E-state index contributed by atoms with van der Waals surface area (Å²) in [5.41, 5.74) is 1.23. The van der Waals surface area contributed by atoms with E-state index in [0.29, 0.717) is 29.8 Å². The highest BCUT2D eigenvalue weighted by atomic mass is 32.2. The van der Waals surface area contributed by atoms with Crippen molar-refractivity contribution in [2.24, 2.45) is 0 Å². The van der Waals surface area contributed by atoms with Gasteiger partial charge in [0.1, 0.15) is 0 Å². The lowest BCUT2D eigenvalue weighted by molar-refractivity contribution is 0.0698. The van der Waals surface area contributed by atoms with Crippen LogP contribution in [0.15, 0.2) is 62.6 Å². The standard InChI is InChI=1S/C18H17N3O5S/c22-17(13-6-7-15-16(12-13)26-18(23)19-15)20-8-10-21(11-9-20)27(24,25)14-4-2-1-3-5-14/h1-7,12H,8-11H2,(H,19,23). The second kappa shape index (κ2) is 6.67. The van der Waals surface area contributed by atoms with Crippen LogP contribution in [0, 0.1) is 0 Å². The van der Waals surface area contributed by atoms with Crippen LogP contribution in [-0.4, -0.2) is 54.7 Å². The number of nitrogens with one attached hydrogen (secondary N) is 1. The van der Waals surface area contributed by atoms with Crippen molar-refractivity contribution < 1.29 is 17.6 Å². The summed E-state index contributed by atoms with van der Waals surface area (Å²) >= 11 is 0. The Morgan fingerprint density at radius 2 is 1.70 bits per heavy atom. The van der Waals surface area contributed by atoms with E-state index in [1.54, 1.807) is 47.4 Å². The van der Waals surface area contributed by atoms with Gasteiger partial charge in [0.2, 0.25) is 10.0 Å². The summed E-state index contributed by atoms with van der Waals surface area (Å²) in [6.07, 6.45) is 0. The Kier molecular flexibility index (Phi) is 4.33. The quantitative estimate of drug-likeness (QED) is 0.729. The Morgan fingerprint density at radius 1 is 1.00 bits per heavy atom. The maximum atomic E-state index is 12.7. The molecule has 9 heteroatoms. The van der Waals surface area contributed by atoms with Gasteiger partial charge in [0.25, 0.3) is 5.91 Å². The molecule has 0 unspecified atom stereocenters. The largest absolute Gasteiger partial charge is 0.417 e. The number of aromatic amines is 1. The molecule has 1 N–H and O–H groups in total. The molecule has 0 bridgehead atoms. The molecule has 27 heavy (non-hydrogen) atoms. The fraction of sp³-hybridized carbons (Fsp3) is 0.222. The summed E-state index contributed by atoms with van der Waals surface area (Å²) in [7, 11) is -3.56. The number of H-pyrrole nitrogens is 1. The highest BCUT2D eigenvalue weighted by molar-refractivity contribution is 7.89. The first-order valence-corrected chi connectivity index (χ1v) is 9.86. The Balaban J connectivity index is 1.48. The van der Waals surface area contributed by atoms with Crippen LogP contribution in [0.2, 0.25) is 0 Å². The van der Waals surface area contributed by atoms with Gasteiger partial charge in [-0.15, -0.1) is 0 Å². The minimum atomic E-state index is -3.56. The van der Waals surface area contributed by atoms with Gasteiger partial charge in [-0.1, -0.05) is 18.2 Å². The number of oxazole rings is 1. The number of rotatable bonds is 3. The number of amides is 1. The molecule has 1 aromatic heterocycles. The number of carbonyl (C=O) groups is 1. The molecule has 4 rings (SSSR count). The zero-order valence-electron chi connectivity index (χ0n) is 14.3. The van der Waals surface area contributed by atoms with Crippen molar-refractivity contribution in [2.45, 2.75) is 4.90 Å². The molecule has 2 aromatic carbocycles. The third-order valence-corrected chi connectivity index (χ3v) is 6.49.